The van der Waals surface area contributed by atoms with Gasteiger partial charge in [-0.1, -0.05) is 24.3 Å². The van der Waals surface area contributed by atoms with Gasteiger partial charge in [0, 0.05) is 49.2 Å². The molecule has 2 aromatic heterocycles. The zero-order valence-corrected chi connectivity index (χ0v) is 21.7. The first kappa shape index (κ1) is 25.8. The lowest BCUT2D eigenvalue weighted by molar-refractivity contribution is -0.122. The Balaban J connectivity index is 1.13. The minimum absolute atomic E-state index is 0.0398. The number of aromatic nitrogens is 4. The SMILES string of the molecule is Cn1nccc1C1=CCCC(C(=O)Nc2ccc3nn(CC(=O)NCCNC(=O)C4=CCCC=C4)cc3c2)=N1. The summed E-state index contributed by atoms with van der Waals surface area (Å²) in [6.45, 7) is 0.697. The van der Waals surface area contributed by atoms with Crippen molar-refractivity contribution in [3.05, 3.63) is 72.2 Å². The molecule has 1 aliphatic heterocycles. The Labute approximate surface area is 225 Å². The van der Waals surface area contributed by atoms with Crippen LogP contribution in [0.5, 0.6) is 0 Å². The van der Waals surface area contributed by atoms with E-state index in [0.29, 0.717) is 42.0 Å². The van der Waals surface area contributed by atoms with Gasteiger partial charge >= 0.3 is 0 Å². The largest absolute Gasteiger partial charge is 0.353 e. The van der Waals surface area contributed by atoms with Gasteiger partial charge in [0.05, 0.1) is 16.9 Å². The van der Waals surface area contributed by atoms with E-state index in [9.17, 15) is 14.4 Å². The summed E-state index contributed by atoms with van der Waals surface area (Å²) in [5, 5.41) is 17.9. The van der Waals surface area contributed by atoms with Crippen molar-refractivity contribution in [1.29, 1.82) is 0 Å². The maximum Gasteiger partial charge on any atom is 0.270 e. The minimum Gasteiger partial charge on any atom is -0.353 e. The van der Waals surface area contributed by atoms with Crippen LogP contribution in [-0.4, -0.2) is 56.1 Å². The van der Waals surface area contributed by atoms with Crippen molar-refractivity contribution < 1.29 is 14.4 Å². The Bertz CT molecular complexity index is 1540. The maximum atomic E-state index is 12.9. The van der Waals surface area contributed by atoms with Crippen molar-refractivity contribution in [2.75, 3.05) is 18.4 Å². The average Bonchev–Trinajstić information content (AvgIpc) is 3.56. The summed E-state index contributed by atoms with van der Waals surface area (Å²) < 4.78 is 3.28. The van der Waals surface area contributed by atoms with Gasteiger partial charge in [-0.05, 0) is 49.9 Å². The number of aliphatic imine (C=N–C) groups is 1. The predicted molar refractivity (Wildman–Crippen MR) is 149 cm³/mol. The number of allylic oxidation sites excluding steroid dienone is 3. The van der Waals surface area contributed by atoms with Gasteiger partial charge in [-0.15, -0.1) is 0 Å². The number of aryl methyl sites for hydroxylation is 1. The molecule has 3 amide bonds. The molecule has 200 valence electrons. The molecule has 0 bridgehead atoms. The third-order valence-corrected chi connectivity index (χ3v) is 6.42. The van der Waals surface area contributed by atoms with Gasteiger partial charge < -0.3 is 16.0 Å². The van der Waals surface area contributed by atoms with Gasteiger partial charge in [0.25, 0.3) is 11.8 Å². The van der Waals surface area contributed by atoms with Crippen LogP contribution in [0.2, 0.25) is 0 Å². The highest BCUT2D eigenvalue weighted by molar-refractivity contribution is 6.44. The van der Waals surface area contributed by atoms with Crippen LogP contribution in [0, 0.1) is 0 Å². The first-order valence-corrected chi connectivity index (χ1v) is 12.9. The molecule has 3 heterocycles. The first-order valence-electron chi connectivity index (χ1n) is 12.9. The minimum atomic E-state index is -0.253. The third-order valence-electron chi connectivity index (χ3n) is 6.42. The lowest BCUT2D eigenvalue weighted by Crippen LogP contribution is -2.36. The molecular formula is C28H30N8O3. The molecule has 0 fully saturated rings. The Hall–Kier alpha value is -4.80. The van der Waals surface area contributed by atoms with Gasteiger partial charge in [-0.2, -0.15) is 10.2 Å². The summed E-state index contributed by atoms with van der Waals surface area (Å²) >= 11 is 0. The number of amides is 3. The van der Waals surface area contributed by atoms with Gasteiger partial charge in [0.15, 0.2) is 0 Å². The quantitative estimate of drug-likeness (QED) is 0.368. The standard InChI is InChI=1S/C28H30N8O3/c1-35-25(12-13-31-35)23-8-5-9-24(33-23)28(39)32-21-10-11-22-20(16-21)17-36(34-22)18-26(37)29-14-15-30-27(38)19-6-3-2-4-7-19/h3,6-8,10-13,16-17H,2,4-5,9,14-15,18H2,1H3,(H,29,37)(H,30,38)(H,32,39). The third kappa shape index (κ3) is 6.38. The van der Waals surface area contributed by atoms with Crippen LogP contribution in [0.4, 0.5) is 5.69 Å². The second-order valence-electron chi connectivity index (χ2n) is 9.33. The van der Waals surface area contributed by atoms with Gasteiger partial charge in [0.1, 0.15) is 12.3 Å². The highest BCUT2D eigenvalue weighted by Gasteiger charge is 2.18. The molecule has 39 heavy (non-hydrogen) atoms. The summed E-state index contributed by atoms with van der Waals surface area (Å²) in [6, 6.07) is 7.26. The lowest BCUT2D eigenvalue weighted by atomic mass is 10.1. The monoisotopic (exact) mass is 526 g/mol. The number of nitrogens with one attached hydrogen (secondary N) is 3. The molecule has 2 aliphatic rings. The molecule has 11 nitrogen and oxygen atoms in total. The molecule has 1 aromatic carbocycles. The van der Waals surface area contributed by atoms with E-state index in [1.165, 1.54) is 0 Å². The second-order valence-corrected chi connectivity index (χ2v) is 9.33. The number of hydrogen-bond donors (Lipinski definition) is 3. The number of benzene rings is 1. The summed E-state index contributed by atoms with van der Waals surface area (Å²) in [5.74, 6) is -0.603. The van der Waals surface area contributed by atoms with Crippen LogP contribution in [0.15, 0.2) is 71.5 Å². The first-order chi connectivity index (χ1) is 19.0. The summed E-state index contributed by atoms with van der Waals surface area (Å²) in [7, 11) is 1.84. The van der Waals surface area contributed by atoms with E-state index in [0.717, 1.165) is 36.0 Å². The van der Waals surface area contributed by atoms with Gasteiger partial charge in [0.2, 0.25) is 5.91 Å². The topological polar surface area (TPSA) is 135 Å². The fourth-order valence-corrected chi connectivity index (χ4v) is 4.45. The molecular weight excluding hydrogens is 496 g/mol. The number of carbonyl (C=O) groups excluding carboxylic acids is 3. The fraction of sp³-hybridized carbons (Fsp3) is 0.286. The predicted octanol–water partition coefficient (Wildman–Crippen LogP) is 2.49. The molecule has 3 N–H and O–H groups in total. The van der Waals surface area contributed by atoms with Crippen molar-refractivity contribution in [1.82, 2.24) is 30.2 Å². The lowest BCUT2D eigenvalue weighted by Gasteiger charge is -2.13. The van der Waals surface area contributed by atoms with Crippen LogP contribution >= 0.6 is 0 Å². The van der Waals surface area contributed by atoms with E-state index in [1.54, 1.807) is 33.9 Å². The van der Waals surface area contributed by atoms with E-state index in [2.05, 4.69) is 31.1 Å². The Kier molecular flexibility index (Phi) is 7.76. The fourth-order valence-electron chi connectivity index (χ4n) is 4.45. The second kappa shape index (κ2) is 11.7. The molecule has 1 aliphatic carbocycles. The van der Waals surface area contributed by atoms with Crippen LogP contribution < -0.4 is 16.0 Å². The molecule has 0 saturated heterocycles. The number of carbonyl (C=O) groups is 3. The molecule has 0 unspecified atom stereocenters. The van der Waals surface area contributed by atoms with Crippen molar-refractivity contribution in [3.8, 4) is 0 Å². The Morgan fingerprint density at radius 3 is 2.67 bits per heavy atom. The number of rotatable bonds is 9. The van der Waals surface area contributed by atoms with Crippen molar-refractivity contribution in [2.24, 2.45) is 12.0 Å². The van der Waals surface area contributed by atoms with Gasteiger partial charge in [-0.3, -0.25) is 23.7 Å². The highest BCUT2D eigenvalue weighted by atomic mass is 16.2. The Morgan fingerprint density at radius 2 is 1.87 bits per heavy atom. The molecule has 0 atom stereocenters. The summed E-state index contributed by atoms with van der Waals surface area (Å²) in [6.07, 6.45) is 14.3. The summed E-state index contributed by atoms with van der Waals surface area (Å²) in [4.78, 5) is 41.9. The van der Waals surface area contributed by atoms with E-state index < -0.39 is 0 Å². The molecule has 0 saturated carbocycles. The molecule has 0 spiro atoms. The zero-order valence-electron chi connectivity index (χ0n) is 21.7. The number of hydrogen-bond acceptors (Lipinski definition) is 6. The normalized spacial score (nSPS) is 14.8. The molecule has 11 heteroatoms. The smallest absolute Gasteiger partial charge is 0.270 e. The van der Waals surface area contributed by atoms with E-state index in [-0.39, 0.29) is 24.3 Å². The van der Waals surface area contributed by atoms with Crippen LogP contribution in [0.3, 0.4) is 0 Å². The van der Waals surface area contributed by atoms with Crippen molar-refractivity contribution in [2.45, 2.75) is 32.2 Å². The van der Waals surface area contributed by atoms with Gasteiger partial charge in [-0.25, -0.2) is 4.99 Å². The number of anilines is 1. The summed E-state index contributed by atoms with van der Waals surface area (Å²) in [5.41, 5.74) is 4.04. The van der Waals surface area contributed by atoms with Crippen LogP contribution in [0.1, 0.15) is 31.4 Å². The van der Waals surface area contributed by atoms with E-state index in [1.807, 2.05) is 43.5 Å². The van der Waals surface area contributed by atoms with E-state index >= 15 is 0 Å². The van der Waals surface area contributed by atoms with Crippen LogP contribution in [0.25, 0.3) is 16.6 Å². The number of fused-ring (bicyclic) bond motifs is 1. The zero-order chi connectivity index (χ0) is 27.2. The average molecular weight is 527 g/mol. The van der Waals surface area contributed by atoms with Crippen molar-refractivity contribution >= 4 is 45.7 Å². The van der Waals surface area contributed by atoms with Crippen molar-refractivity contribution in [3.63, 3.8) is 0 Å². The molecule has 3 aromatic rings. The maximum absolute atomic E-state index is 12.9. The number of nitrogens with zero attached hydrogens (tertiary/aromatic N) is 5. The van der Waals surface area contributed by atoms with E-state index in [4.69, 9.17) is 0 Å². The highest BCUT2D eigenvalue weighted by Crippen LogP contribution is 2.23. The molecule has 0 radical (unpaired) electrons. The van der Waals surface area contributed by atoms with Crippen LogP contribution in [-0.2, 0) is 28.0 Å². The Morgan fingerprint density at radius 1 is 1.00 bits per heavy atom. The molecule has 5 rings (SSSR count).